The van der Waals surface area contributed by atoms with Gasteiger partial charge in [0, 0.05) is 0 Å². The minimum absolute atomic E-state index is 0.0615. The highest BCUT2D eigenvalue weighted by Crippen LogP contribution is 2.42. The van der Waals surface area contributed by atoms with Crippen LogP contribution in [0.5, 0.6) is 11.5 Å². The molecule has 1 atom stereocenters. The van der Waals surface area contributed by atoms with Crippen molar-refractivity contribution in [2.75, 3.05) is 13.7 Å². The van der Waals surface area contributed by atoms with Crippen molar-refractivity contribution in [2.45, 2.75) is 40.3 Å². The molecule has 0 aliphatic carbocycles. The van der Waals surface area contributed by atoms with Gasteiger partial charge in [0.25, 0.3) is 5.91 Å². The first kappa shape index (κ1) is 23.7. The summed E-state index contributed by atoms with van der Waals surface area (Å²) in [6.45, 7) is 8.77. The average Bonchev–Trinajstić information content (AvgIpc) is 3.46. The van der Waals surface area contributed by atoms with E-state index in [-0.39, 0.29) is 23.6 Å². The van der Waals surface area contributed by atoms with Crippen LogP contribution < -0.4 is 14.9 Å². The van der Waals surface area contributed by atoms with E-state index in [4.69, 9.17) is 18.3 Å². The highest BCUT2D eigenvalue weighted by atomic mass is 16.5. The first-order valence-corrected chi connectivity index (χ1v) is 12.0. The molecule has 36 heavy (non-hydrogen) atoms. The molecule has 2 aromatic heterocycles. The van der Waals surface area contributed by atoms with Gasteiger partial charge in [0.1, 0.15) is 11.3 Å². The van der Waals surface area contributed by atoms with E-state index in [0.717, 1.165) is 16.7 Å². The number of benzene rings is 2. The topological polar surface area (TPSA) is 82.1 Å². The van der Waals surface area contributed by atoms with Crippen LogP contribution in [-0.4, -0.2) is 24.5 Å². The maximum absolute atomic E-state index is 13.8. The molecule has 1 amide bonds. The molecule has 5 rings (SSSR count). The molecule has 0 saturated carbocycles. The molecule has 0 spiro atoms. The average molecular weight is 488 g/mol. The van der Waals surface area contributed by atoms with E-state index < -0.39 is 6.04 Å². The fraction of sp³-hybridized carbons (Fsp3) is 0.310. The number of carbonyl (C=O) groups excluding carboxylic acids is 1. The van der Waals surface area contributed by atoms with Crippen molar-refractivity contribution in [1.82, 2.24) is 4.90 Å². The van der Waals surface area contributed by atoms with Gasteiger partial charge in [-0.1, -0.05) is 19.9 Å². The fourth-order valence-corrected chi connectivity index (χ4v) is 4.59. The lowest BCUT2D eigenvalue weighted by Crippen LogP contribution is -2.29. The number of methoxy groups -OCH3 is 1. The Hall–Kier alpha value is -4.00. The summed E-state index contributed by atoms with van der Waals surface area (Å²) in [6, 6.07) is 12.0. The van der Waals surface area contributed by atoms with Gasteiger partial charge >= 0.3 is 0 Å². The van der Waals surface area contributed by atoms with Crippen LogP contribution in [0.1, 0.15) is 58.5 Å². The van der Waals surface area contributed by atoms with Crippen LogP contribution in [0.3, 0.4) is 0 Å². The highest BCUT2D eigenvalue weighted by Gasteiger charge is 2.43. The normalized spacial score (nSPS) is 15.1. The lowest BCUT2D eigenvalue weighted by atomic mass is 9.97. The molecule has 0 bridgehead atoms. The van der Waals surface area contributed by atoms with Crippen LogP contribution in [-0.2, 0) is 6.54 Å². The molecule has 1 aliphatic rings. The maximum atomic E-state index is 13.8. The Kier molecular flexibility index (Phi) is 6.08. The quantitative estimate of drug-likeness (QED) is 0.328. The largest absolute Gasteiger partial charge is 0.493 e. The molecular weight excluding hydrogens is 458 g/mol. The van der Waals surface area contributed by atoms with E-state index in [9.17, 15) is 9.59 Å². The van der Waals surface area contributed by atoms with Gasteiger partial charge in [-0.3, -0.25) is 9.59 Å². The second-order valence-corrected chi connectivity index (χ2v) is 9.64. The van der Waals surface area contributed by atoms with Crippen molar-refractivity contribution in [3.05, 3.63) is 92.7 Å². The number of carbonyl (C=O) groups is 1. The van der Waals surface area contributed by atoms with Crippen molar-refractivity contribution in [1.29, 1.82) is 0 Å². The van der Waals surface area contributed by atoms with Gasteiger partial charge in [-0.25, -0.2) is 0 Å². The molecular formula is C29H29NO6. The summed E-state index contributed by atoms with van der Waals surface area (Å²) in [5.41, 5.74) is 3.20. The van der Waals surface area contributed by atoms with E-state index in [0.29, 0.717) is 46.3 Å². The zero-order valence-corrected chi connectivity index (χ0v) is 21.1. The summed E-state index contributed by atoms with van der Waals surface area (Å²) in [4.78, 5) is 29.1. The summed E-state index contributed by atoms with van der Waals surface area (Å²) < 4.78 is 23.2. The summed E-state index contributed by atoms with van der Waals surface area (Å²) in [7, 11) is 1.57. The van der Waals surface area contributed by atoms with Crippen LogP contribution in [0.4, 0.5) is 0 Å². The van der Waals surface area contributed by atoms with Gasteiger partial charge in [0.2, 0.25) is 5.76 Å². The number of fused-ring (bicyclic) bond motifs is 2. The molecule has 7 heteroatoms. The molecule has 0 fully saturated rings. The zero-order valence-electron chi connectivity index (χ0n) is 21.1. The molecule has 3 heterocycles. The van der Waals surface area contributed by atoms with Crippen LogP contribution in [0.25, 0.3) is 11.0 Å². The molecule has 0 N–H and O–H groups in total. The second-order valence-electron chi connectivity index (χ2n) is 9.64. The number of ether oxygens (including phenoxy) is 2. The molecule has 2 aromatic carbocycles. The summed E-state index contributed by atoms with van der Waals surface area (Å²) >= 11 is 0. The third kappa shape index (κ3) is 4.04. The summed E-state index contributed by atoms with van der Waals surface area (Å²) in [6.07, 6.45) is 1.56. The van der Waals surface area contributed by atoms with E-state index in [1.165, 1.54) is 0 Å². The Balaban J connectivity index is 1.69. The standard InChI is InChI=1S/C29H29NO6/c1-16(2)15-35-22-9-8-19(13-24(22)33-5)26-25-27(31)21-11-17(3)18(4)12-23(21)36-28(25)29(32)30(26)14-20-7-6-10-34-20/h6-13,16,26H,14-15H2,1-5H3/t26-/m0/s1. The van der Waals surface area contributed by atoms with Gasteiger partial charge < -0.3 is 23.2 Å². The zero-order chi connectivity index (χ0) is 25.6. The molecule has 186 valence electrons. The van der Waals surface area contributed by atoms with Crippen LogP contribution in [0.15, 0.2) is 62.4 Å². The van der Waals surface area contributed by atoms with Gasteiger partial charge in [-0.2, -0.15) is 0 Å². The van der Waals surface area contributed by atoms with Crippen molar-refractivity contribution >= 4 is 16.9 Å². The molecule has 7 nitrogen and oxygen atoms in total. The third-order valence-corrected chi connectivity index (χ3v) is 6.56. The van der Waals surface area contributed by atoms with Crippen LogP contribution in [0, 0.1) is 19.8 Å². The van der Waals surface area contributed by atoms with Crippen LogP contribution in [0.2, 0.25) is 0 Å². The van der Waals surface area contributed by atoms with Gasteiger partial charge in [0.15, 0.2) is 16.9 Å². The van der Waals surface area contributed by atoms with E-state index >= 15 is 0 Å². The van der Waals surface area contributed by atoms with E-state index in [1.54, 1.807) is 30.4 Å². The molecule has 0 radical (unpaired) electrons. The Morgan fingerprint density at radius 3 is 2.50 bits per heavy atom. The number of amides is 1. The van der Waals surface area contributed by atoms with Crippen molar-refractivity contribution < 1.29 is 23.1 Å². The monoisotopic (exact) mass is 487 g/mol. The first-order chi connectivity index (χ1) is 17.3. The number of nitrogens with zero attached hydrogens (tertiary/aromatic N) is 1. The second kappa shape index (κ2) is 9.22. The lowest BCUT2D eigenvalue weighted by molar-refractivity contribution is 0.0701. The number of hydrogen-bond acceptors (Lipinski definition) is 6. The number of rotatable bonds is 7. The molecule has 0 unspecified atom stereocenters. The minimum atomic E-state index is -0.673. The minimum Gasteiger partial charge on any atom is -0.493 e. The van der Waals surface area contributed by atoms with Gasteiger partial charge in [0.05, 0.1) is 43.5 Å². The lowest BCUT2D eigenvalue weighted by Gasteiger charge is -2.25. The number of aryl methyl sites for hydroxylation is 2. The van der Waals surface area contributed by atoms with E-state index in [1.807, 2.05) is 44.2 Å². The Bertz CT molecular complexity index is 1500. The summed E-state index contributed by atoms with van der Waals surface area (Å²) in [5.74, 6) is 1.79. The molecule has 1 aliphatic heterocycles. The first-order valence-electron chi connectivity index (χ1n) is 12.0. The van der Waals surface area contributed by atoms with E-state index in [2.05, 4.69) is 13.8 Å². The SMILES string of the molecule is COc1cc([C@H]2c3c(oc4cc(C)c(C)cc4c3=O)C(=O)N2Cc2ccco2)ccc1OCC(C)C. The fourth-order valence-electron chi connectivity index (χ4n) is 4.59. The predicted molar refractivity (Wildman–Crippen MR) is 136 cm³/mol. The number of furan rings is 1. The molecule has 0 saturated heterocycles. The van der Waals surface area contributed by atoms with Gasteiger partial charge in [-0.15, -0.1) is 0 Å². The van der Waals surface area contributed by atoms with Crippen molar-refractivity contribution in [3.63, 3.8) is 0 Å². The number of hydrogen-bond donors (Lipinski definition) is 0. The van der Waals surface area contributed by atoms with Crippen molar-refractivity contribution in [2.24, 2.45) is 5.92 Å². The Morgan fingerprint density at radius 1 is 1.03 bits per heavy atom. The molecule has 4 aromatic rings. The predicted octanol–water partition coefficient (Wildman–Crippen LogP) is 5.79. The third-order valence-electron chi connectivity index (χ3n) is 6.56. The highest BCUT2D eigenvalue weighted by molar-refractivity contribution is 5.99. The smallest absolute Gasteiger partial charge is 0.291 e. The van der Waals surface area contributed by atoms with Crippen molar-refractivity contribution in [3.8, 4) is 11.5 Å². The Labute approximate surface area is 209 Å². The maximum Gasteiger partial charge on any atom is 0.291 e. The summed E-state index contributed by atoms with van der Waals surface area (Å²) in [5, 5.41) is 0.457. The van der Waals surface area contributed by atoms with Gasteiger partial charge in [-0.05, 0) is 72.9 Å². The van der Waals surface area contributed by atoms with Crippen LogP contribution >= 0.6 is 0 Å². The Morgan fingerprint density at radius 2 is 1.81 bits per heavy atom.